The molecule has 2 atom stereocenters. The number of carbonyl (C=O) groups is 2. The number of amides is 2. The highest BCUT2D eigenvalue weighted by Gasteiger charge is 2.60. The zero-order valence-electron chi connectivity index (χ0n) is 15.5. The molecule has 5 nitrogen and oxygen atoms in total. The average molecular weight is 396 g/mol. The molecule has 2 unspecified atom stereocenters. The Balaban J connectivity index is 1.62. The monoisotopic (exact) mass is 396 g/mol. The molecule has 152 valence electrons. The van der Waals surface area contributed by atoms with E-state index in [1.165, 1.54) is 19.1 Å². The van der Waals surface area contributed by atoms with Crippen LogP contribution in [0.1, 0.15) is 51.0 Å². The van der Waals surface area contributed by atoms with Crippen LogP contribution in [-0.4, -0.2) is 22.5 Å². The van der Waals surface area contributed by atoms with Gasteiger partial charge in [0.05, 0.1) is 22.3 Å². The summed E-state index contributed by atoms with van der Waals surface area (Å²) in [5.74, 6) is -0.424. The third-order valence-corrected chi connectivity index (χ3v) is 6.41. The molecule has 0 saturated heterocycles. The lowest BCUT2D eigenvalue weighted by atomic mass is 9.47. The summed E-state index contributed by atoms with van der Waals surface area (Å²) in [5.41, 5.74) is -2.99. The molecule has 1 aromatic carbocycles. The lowest BCUT2D eigenvalue weighted by Gasteiger charge is -2.59. The van der Waals surface area contributed by atoms with Gasteiger partial charge in [0.15, 0.2) is 0 Å². The van der Waals surface area contributed by atoms with Crippen molar-refractivity contribution in [2.45, 2.75) is 57.2 Å². The van der Waals surface area contributed by atoms with Gasteiger partial charge >= 0.3 is 6.18 Å². The van der Waals surface area contributed by atoms with Gasteiger partial charge in [0.2, 0.25) is 11.8 Å². The Kier molecular flexibility index (Phi) is 4.26. The average Bonchev–Trinajstić information content (AvgIpc) is 2.52. The highest BCUT2D eigenvalue weighted by molar-refractivity contribution is 5.97. The maximum Gasteiger partial charge on any atom is 0.418 e. The van der Waals surface area contributed by atoms with Crippen LogP contribution in [0.15, 0.2) is 18.2 Å². The minimum atomic E-state index is -4.68. The van der Waals surface area contributed by atoms with E-state index in [2.05, 4.69) is 10.6 Å². The van der Waals surface area contributed by atoms with Crippen LogP contribution in [0.2, 0.25) is 0 Å². The largest absolute Gasteiger partial charge is 0.418 e. The fraction of sp³-hybridized carbons (Fsp3) is 0.600. The first-order chi connectivity index (χ1) is 13.0. The molecule has 4 fully saturated rings. The molecule has 3 N–H and O–H groups in total. The van der Waals surface area contributed by atoms with Gasteiger partial charge in [-0.1, -0.05) is 0 Å². The van der Waals surface area contributed by atoms with Crippen molar-refractivity contribution in [1.29, 1.82) is 0 Å². The van der Waals surface area contributed by atoms with Gasteiger partial charge in [0.1, 0.15) is 0 Å². The fourth-order valence-electron chi connectivity index (χ4n) is 5.90. The number of alkyl halides is 3. The van der Waals surface area contributed by atoms with Crippen molar-refractivity contribution < 1.29 is 27.9 Å². The molecule has 4 bridgehead atoms. The summed E-state index contributed by atoms with van der Waals surface area (Å²) in [6.07, 6.45) is -0.807. The molecule has 0 spiro atoms. The van der Waals surface area contributed by atoms with Crippen LogP contribution in [0.4, 0.5) is 24.5 Å². The van der Waals surface area contributed by atoms with Crippen LogP contribution in [0, 0.1) is 17.3 Å². The Bertz CT molecular complexity index is 822. The highest BCUT2D eigenvalue weighted by Crippen LogP contribution is 2.62. The quantitative estimate of drug-likeness (QED) is 0.724. The van der Waals surface area contributed by atoms with Gasteiger partial charge in [-0.3, -0.25) is 9.59 Å². The minimum Gasteiger partial charge on any atom is -0.390 e. The van der Waals surface area contributed by atoms with E-state index in [0.717, 1.165) is 12.5 Å². The second-order valence-electron chi connectivity index (χ2n) is 8.86. The molecule has 2 amide bonds. The predicted octanol–water partition coefficient (Wildman–Crippen LogP) is 3.93. The van der Waals surface area contributed by atoms with Gasteiger partial charge in [-0.05, 0) is 68.6 Å². The highest BCUT2D eigenvalue weighted by atomic mass is 19.4. The molecule has 0 radical (unpaired) electrons. The number of anilines is 2. The summed E-state index contributed by atoms with van der Waals surface area (Å²) in [7, 11) is 0. The molecule has 28 heavy (non-hydrogen) atoms. The molecule has 0 aliphatic heterocycles. The number of nitrogens with one attached hydrogen (secondary N) is 2. The zero-order chi connectivity index (χ0) is 20.3. The van der Waals surface area contributed by atoms with E-state index in [4.69, 9.17) is 0 Å². The number of hydrogen-bond donors (Lipinski definition) is 3. The standard InChI is InChI=1S/C20H23F3N2O3/c1-11(26)24-14-2-3-16(15(5-14)20(21,22)23)25-17(27)18-6-12-4-13(7-18)9-19(28,8-12)10-18/h2-3,5,12-13,28H,4,6-10H2,1H3,(H,24,26)(H,25,27). The number of rotatable bonds is 3. The summed E-state index contributed by atoms with van der Waals surface area (Å²) < 4.78 is 40.6. The third-order valence-electron chi connectivity index (χ3n) is 6.41. The van der Waals surface area contributed by atoms with E-state index in [9.17, 15) is 27.9 Å². The Morgan fingerprint density at radius 2 is 1.75 bits per heavy atom. The maximum atomic E-state index is 13.5. The van der Waals surface area contributed by atoms with Gasteiger partial charge in [-0.2, -0.15) is 13.2 Å². The first-order valence-corrected chi connectivity index (χ1v) is 9.51. The van der Waals surface area contributed by atoms with Crippen molar-refractivity contribution >= 4 is 23.2 Å². The van der Waals surface area contributed by atoms with Crippen molar-refractivity contribution in [2.75, 3.05) is 10.6 Å². The van der Waals surface area contributed by atoms with Gasteiger partial charge < -0.3 is 15.7 Å². The first kappa shape index (κ1) is 19.2. The minimum absolute atomic E-state index is 0.0157. The van der Waals surface area contributed by atoms with Crippen LogP contribution in [0.25, 0.3) is 0 Å². The second-order valence-corrected chi connectivity index (χ2v) is 8.86. The summed E-state index contributed by atoms with van der Waals surface area (Å²) in [6, 6.07) is 3.32. The predicted molar refractivity (Wildman–Crippen MR) is 96.4 cm³/mol. The number of hydrogen-bond acceptors (Lipinski definition) is 3. The van der Waals surface area contributed by atoms with Crippen molar-refractivity contribution in [1.82, 2.24) is 0 Å². The Labute approximate surface area is 160 Å². The SMILES string of the molecule is CC(=O)Nc1ccc(NC(=O)C23CC4CC(CC(O)(C4)C2)C3)c(C(F)(F)F)c1. The van der Waals surface area contributed by atoms with Crippen LogP contribution in [0.3, 0.4) is 0 Å². The van der Waals surface area contributed by atoms with Gasteiger partial charge in [-0.15, -0.1) is 0 Å². The first-order valence-electron chi connectivity index (χ1n) is 9.51. The normalized spacial score (nSPS) is 33.6. The van der Waals surface area contributed by atoms with Gasteiger partial charge in [-0.25, -0.2) is 0 Å². The molecule has 4 aliphatic rings. The zero-order valence-corrected chi connectivity index (χ0v) is 15.5. The number of carbonyl (C=O) groups excluding carboxylic acids is 2. The molecular formula is C20H23F3N2O3. The van der Waals surface area contributed by atoms with Crippen molar-refractivity contribution in [3.8, 4) is 0 Å². The lowest BCUT2D eigenvalue weighted by Crippen LogP contribution is -2.59. The smallest absolute Gasteiger partial charge is 0.390 e. The van der Waals surface area contributed by atoms with E-state index in [1.54, 1.807) is 0 Å². The summed E-state index contributed by atoms with van der Waals surface area (Å²) in [5, 5.41) is 15.6. The van der Waals surface area contributed by atoms with Gasteiger partial charge in [0.25, 0.3) is 0 Å². The fourth-order valence-corrected chi connectivity index (χ4v) is 5.90. The molecule has 8 heteroatoms. The molecule has 1 aromatic rings. The molecule has 4 saturated carbocycles. The van der Waals surface area contributed by atoms with Crippen molar-refractivity contribution in [3.63, 3.8) is 0 Å². The maximum absolute atomic E-state index is 13.5. The third kappa shape index (κ3) is 3.38. The topological polar surface area (TPSA) is 78.4 Å². The lowest BCUT2D eigenvalue weighted by molar-refractivity contribution is -0.174. The van der Waals surface area contributed by atoms with Crippen LogP contribution in [-0.2, 0) is 15.8 Å². The van der Waals surface area contributed by atoms with E-state index < -0.39 is 34.6 Å². The molecule has 5 rings (SSSR count). The Morgan fingerprint density at radius 3 is 2.29 bits per heavy atom. The number of benzene rings is 1. The number of halogens is 3. The van der Waals surface area contributed by atoms with Crippen molar-refractivity contribution in [3.05, 3.63) is 23.8 Å². The van der Waals surface area contributed by atoms with Crippen LogP contribution >= 0.6 is 0 Å². The number of aliphatic hydroxyl groups is 1. The Morgan fingerprint density at radius 1 is 1.11 bits per heavy atom. The van der Waals surface area contributed by atoms with Crippen LogP contribution in [0.5, 0.6) is 0 Å². The van der Waals surface area contributed by atoms with Crippen molar-refractivity contribution in [2.24, 2.45) is 17.3 Å². The summed E-state index contributed by atoms with van der Waals surface area (Å²) >= 11 is 0. The molecular weight excluding hydrogens is 373 g/mol. The van der Waals surface area contributed by atoms with Gasteiger partial charge in [0, 0.05) is 12.6 Å². The summed E-state index contributed by atoms with van der Waals surface area (Å²) in [6.45, 7) is 1.21. The Hall–Kier alpha value is -2.09. The van der Waals surface area contributed by atoms with Crippen LogP contribution < -0.4 is 10.6 Å². The molecule has 0 heterocycles. The summed E-state index contributed by atoms with van der Waals surface area (Å²) in [4.78, 5) is 24.2. The molecule has 0 aromatic heterocycles. The van der Waals surface area contributed by atoms with E-state index >= 15 is 0 Å². The van der Waals surface area contributed by atoms with E-state index in [1.807, 2.05) is 0 Å². The second kappa shape index (κ2) is 6.20. The molecule has 4 aliphatic carbocycles. The van der Waals surface area contributed by atoms with E-state index in [0.29, 0.717) is 32.1 Å². The van der Waals surface area contributed by atoms with E-state index in [-0.39, 0.29) is 23.2 Å².